The van der Waals surface area contributed by atoms with Crippen LogP contribution in [0.25, 0.3) is 0 Å². The van der Waals surface area contributed by atoms with Crippen molar-refractivity contribution in [2.75, 3.05) is 0 Å². The number of carbonyl (C=O) groups is 1. The highest BCUT2D eigenvalue weighted by Gasteiger charge is 1.84. The first-order valence-corrected chi connectivity index (χ1v) is 2.23. The van der Waals surface area contributed by atoms with E-state index in [0.717, 1.165) is 5.70 Å². The lowest BCUT2D eigenvalue weighted by molar-refractivity contribution is -0.105. The summed E-state index contributed by atoms with van der Waals surface area (Å²) in [6.07, 6.45) is 0.648. The second-order valence-corrected chi connectivity index (χ2v) is 1.55. The Hall–Kier alpha value is -1.05. The van der Waals surface area contributed by atoms with Gasteiger partial charge in [-0.3, -0.25) is 4.79 Å². The first-order valence-electron chi connectivity index (χ1n) is 2.23. The topological polar surface area (TPSA) is 29.1 Å². The fourth-order valence-corrected chi connectivity index (χ4v) is 0.304. The molecular weight excluding hydrogens is 102 g/mol. The van der Waals surface area contributed by atoms with Crippen molar-refractivity contribution in [3.8, 4) is 0 Å². The van der Waals surface area contributed by atoms with Gasteiger partial charge >= 0.3 is 0 Å². The molecule has 0 bridgehead atoms. The monoisotopic (exact) mass is 111 g/mol. The summed E-state index contributed by atoms with van der Waals surface area (Å²) >= 11 is 0. The minimum atomic E-state index is 0.345. The molecule has 1 N–H and O–H groups in total. The van der Waals surface area contributed by atoms with Gasteiger partial charge in [-0.2, -0.15) is 0 Å². The van der Waals surface area contributed by atoms with Crippen LogP contribution in [-0.2, 0) is 4.79 Å². The summed E-state index contributed by atoms with van der Waals surface area (Å²) in [5, 5.41) is 2.64. The quantitative estimate of drug-likeness (QED) is 0.431. The average molecular weight is 111 g/mol. The molecule has 0 aromatic rings. The summed E-state index contributed by atoms with van der Waals surface area (Å²) in [7, 11) is 0. The summed E-state index contributed by atoms with van der Waals surface area (Å²) in [5.74, 6) is 0. The van der Waals surface area contributed by atoms with Gasteiger partial charge in [-0.25, -0.2) is 0 Å². The molecule has 0 spiro atoms. The normalized spacial score (nSPS) is 7.62. The van der Waals surface area contributed by atoms with Gasteiger partial charge in [0.2, 0.25) is 0 Å². The maximum Gasteiger partial charge on any atom is 0.165 e. The fourth-order valence-electron chi connectivity index (χ4n) is 0.304. The molecule has 0 saturated heterocycles. The Balaban J connectivity index is 3.55. The number of hydrogen-bond donors (Lipinski definition) is 1. The molecule has 8 heavy (non-hydrogen) atoms. The Labute approximate surface area is 48.9 Å². The largest absolute Gasteiger partial charge is 0.358 e. The molecule has 0 saturated carbocycles. The number of allylic oxidation sites excluding steroid dienone is 2. The minimum Gasteiger partial charge on any atom is -0.358 e. The van der Waals surface area contributed by atoms with Crippen LogP contribution in [0.3, 0.4) is 0 Å². The van der Waals surface area contributed by atoms with E-state index in [4.69, 9.17) is 0 Å². The van der Waals surface area contributed by atoms with Gasteiger partial charge in [0.1, 0.15) is 0 Å². The van der Waals surface area contributed by atoms with Crippen LogP contribution < -0.4 is 5.32 Å². The number of hydrogen-bond acceptors (Lipinski definition) is 2. The Bertz CT molecular complexity index is 126. The molecule has 0 fully saturated rings. The van der Waals surface area contributed by atoms with E-state index in [0.29, 0.717) is 12.0 Å². The highest BCUT2D eigenvalue weighted by Crippen LogP contribution is 1.82. The molecule has 2 heteroatoms. The summed E-state index contributed by atoms with van der Waals surface area (Å²) in [5.41, 5.74) is 1.07. The van der Waals surface area contributed by atoms with E-state index in [1.54, 1.807) is 6.92 Å². The predicted molar refractivity (Wildman–Crippen MR) is 33.2 cm³/mol. The van der Waals surface area contributed by atoms with Crippen molar-refractivity contribution in [3.63, 3.8) is 0 Å². The lowest BCUT2D eigenvalue weighted by Crippen LogP contribution is -2.08. The third kappa shape index (κ3) is 3.15. The van der Waals surface area contributed by atoms with Crippen LogP contribution in [0, 0.1) is 0 Å². The molecule has 0 aliphatic carbocycles. The maximum atomic E-state index is 9.84. The number of aldehydes is 1. The fraction of sp³-hybridized carbons (Fsp3) is 0.167. The Morgan fingerprint density at radius 2 is 2.12 bits per heavy atom. The zero-order chi connectivity index (χ0) is 6.57. The molecule has 0 heterocycles. The van der Waals surface area contributed by atoms with E-state index in [1.807, 2.05) is 0 Å². The van der Waals surface area contributed by atoms with Crippen LogP contribution >= 0.6 is 0 Å². The van der Waals surface area contributed by atoms with E-state index in [2.05, 4.69) is 18.5 Å². The van der Waals surface area contributed by atoms with Gasteiger partial charge in [-0.05, 0) is 6.92 Å². The average Bonchev–Trinajstić information content (AvgIpc) is 1.65. The molecule has 0 rings (SSSR count). The van der Waals surface area contributed by atoms with Crippen molar-refractivity contribution in [2.45, 2.75) is 6.92 Å². The molecule has 0 aliphatic rings. The molecular formula is C6H9NO. The van der Waals surface area contributed by atoms with Crippen molar-refractivity contribution in [2.24, 2.45) is 0 Å². The highest BCUT2D eigenvalue weighted by molar-refractivity contribution is 5.71. The van der Waals surface area contributed by atoms with Gasteiger partial charge in [0.05, 0.1) is 5.70 Å². The van der Waals surface area contributed by atoms with Crippen LogP contribution in [0.4, 0.5) is 0 Å². The summed E-state index contributed by atoms with van der Waals surface area (Å²) in [6, 6.07) is 0. The Morgan fingerprint density at radius 1 is 1.62 bits per heavy atom. The number of rotatable bonds is 3. The zero-order valence-corrected chi connectivity index (χ0v) is 4.90. The van der Waals surface area contributed by atoms with Gasteiger partial charge in [-0.1, -0.05) is 13.2 Å². The first kappa shape index (κ1) is 6.95. The van der Waals surface area contributed by atoms with Crippen LogP contribution in [0.2, 0.25) is 0 Å². The van der Waals surface area contributed by atoms with E-state index in [9.17, 15) is 4.79 Å². The van der Waals surface area contributed by atoms with E-state index >= 15 is 0 Å². The summed E-state index contributed by atoms with van der Waals surface area (Å²) < 4.78 is 0. The van der Waals surface area contributed by atoms with Crippen LogP contribution in [0.15, 0.2) is 24.6 Å². The van der Waals surface area contributed by atoms with Crippen LogP contribution in [-0.4, -0.2) is 6.29 Å². The van der Waals surface area contributed by atoms with Gasteiger partial charge in [0, 0.05) is 5.70 Å². The second-order valence-electron chi connectivity index (χ2n) is 1.55. The Kier molecular flexibility index (Phi) is 2.62. The molecule has 0 aliphatic heterocycles. The smallest absolute Gasteiger partial charge is 0.165 e. The van der Waals surface area contributed by atoms with E-state index in [1.165, 1.54) is 0 Å². The van der Waals surface area contributed by atoms with Crippen molar-refractivity contribution < 1.29 is 4.79 Å². The molecule has 0 radical (unpaired) electrons. The summed E-state index contributed by atoms with van der Waals surface area (Å²) in [4.78, 5) is 9.84. The molecule has 0 unspecified atom stereocenters. The molecule has 0 aromatic heterocycles. The zero-order valence-electron chi connectivity index (χ0n) is 4.90. The number of carbonyl (C=O) groups excluding carboxylic acids is 1. The highest BCUT2D eigenvalue weighted by atomic mass is 16.1. The van der Waals surface area contributed by atoms with Gasteiger partial charge in [0.25, 0.3) is 0 Å². The number of nitrogens with one attached hydrogen (secondary N) is 1. The van der Waals surface area contributed by atoms with E-state index in [-0.39, 0.29) is 0 Å². The molecule has 2 nitrogen and oxygen atoms in total. The second kappa shape index (κ2) is 3.02. The first-order chi connectivity index (χ1) is 3.66. The van der Waals surface area contributed by atoms with Crippen molar-refractivity contribution in [3.05, 3.63) is 24.6 Å². The third-order valence-corrected chi connectivity index (χ3v) is 0.516. The van der Waals surface area contributed by atoms with Crippen molar-refractivity contribution >= 4 is 6.29 Å². The maximum absolute atomic E-state index is 9.84. The molecule has 0 atom stereocenters. The van der Waals surface area contributed by atoms with Gasteiger partial charge < -0.3 is 5.32 Å². The third-order valence-electron chi connectivity index (χ3n) is 0.516. The Morgan fingerprint density at radius 3 is 2.25 bits per heavy atom. The SMILES string of the molecule is C=C(C)NC(=C)C=O. The van der Waals surface area contributed by atoms with Gasteiger partial charge in [-0.15, -0.1) is 0 Å². The minimum absolute atomic E-state index is 0.345. The predicted octanol–water partition coefficient (Wildman–Crippen LogP) is 0.822. The van der Waals surface area contributed by atoms with Crippen LogP contribution in [0.5, 0.6) is 0 Å². The molecule has 44 valence electrons. The van der Waals surface area contributed by atoms with Gasteiger partial charge in [0.15, 0.2) is 6.29 Å². The standard InChI is InChI=1S/C6H9NO/c1-5(2)7-6(3)4-8/h4,7H,1,3H2,2H3. The lowest BCUT2D eigenvalue weighted by Gasteiger charge is -1.98. The molecule has 0 amide bonds. The molecule has 0 aromatic carbocycles. The van der Waals surface area contributed by atoms with Crippen molar-refractivity contribution in [1.29, 1.82) is 0 Å². The van der Waals surface area contributed by atoms with E-state index < -0.39 is 0 Å². The summed E-state index contributed by atoms with van der Waals surface area (Å²) in [6.45, 7) is 8.64. The van der Waals surface area contributed by atoms with Crippen LogP contribution in [0.1, 0.15) is 6.92 Å². The van der Waals surface area contributed by atoms with Crippen molar-refractivity contribution in [1.82, 2.24) is 5.32 Å². The lowest BCUT2D eigenvalue weighted by atomic mass is 10.5.